The van der Waals surface area contributed by atoms with Crippen LogP contribution in [0, 0.1) is 0 Å². The number of rotatable bonds is 16. The smallest absolute Gasteiger partial charge is 0.338 e. The Morgan fingerprint density at radius 3 is 2.15 bits per heavy atom. The summed E-state index contributed by atoms with van der Waals surface area (Å²) >= 11 is 0. The summed E-state index contributed by atoms with van der Waals surface area (Å²) in [5.41, 5.74) is 4.91. The van der Waals surface area contributed by atoms with E-state index in [-0.39, 0.29) is 60.0 Å². The van der Waals surface area contributed by atoms with Crippen LogP contribution in [0.25, 0.3) is 0 Å². The van der Waals surface area contributed by atoms with E-state index in [0.717, 1.165) is 0 Å². The molecule has 0 bridgehead atoms. The molecule has 0 unspecified atom stereocenters. The maximum Gasteiger partial charge on any atom is 0.338 e. The van der Waals surface area contributed by atoms with Crippen molar-refractivity contribution in [3.05, 3.63) is 59.2 Å². The number of amides is 3. The molecule has 0 fully saturated rings. The number of carboxylic acid groups (broad SMARTS) is 2. The maximum atomic E-state index is 12.7. The van der Waals surface area contributed by atoms with Gasteiger partial charge in [0.05, 0.1) is 29.2 Å². The van der Waals surface area contributed by atoms with Crippen LogP contribution >= 0.6 is 0 Å². The first-order chi connectivity index (χ1) is 18.8. The van der Waals surface area contributed by atoms with Crippen LogP contribution < -0.4 is 26.8 Å². The molecule has 0 aliphatic heterocycles. The molecule has 0 radical (unpaired) electrons. The average molecular weight is 580 g/mol. The average Bonchev–Trinajstić information content (AvgIpc) is 2.89. The number of benzene rings is 2. The second kappa shape index (κ2) is 14.6. The number of anilines is 1. The van der Waals surface area contributed by atoms with E-state index < -0.39 is 52.1 Å². The molecule has 216 valence electrons. The second-order valence-corrected chi connectivity index (χ2v) is 9.82. The van der Waals surface area contributed by atoms with Crippen molar-refractivity contribution in [1.82, 2.24) is 10.6 Å². The van der Waals surface area contributed by atoms with E-state index in [0.29, 0.717) is 0 Å². The number of aliphatic carboxylic acids is 1. The Bertz CT molecular complexity index is 1360. The molecule has 0 aliphatic rings. The summed E-state index contributed by atoms with van der Waals surface area (Å²) < 4.78 is 28.0. The fourth-order valence-corrected chi connectivity index (χ4v) is 3.92. The molecule has 0 spiro atoms. The zero-order valence-corrected chi connectivity index (χ0v) is 21.9. The van der Waals surface area contributed by atoms with Crippen molar-refractivity contribution in [1.29, 1.82) is 0 Å². The van der Waals surface area contributed by atoms with E-state index in [1.807, 2.05) is 0 Å². The Hall–Kier alpha value is -4.54. The lowest BCUT2D eigenvalue weighted by molar-refractivity contribution is -0.137. The third-order valence-electron chi connectivity index (χ3n) is 5.36. The summed E-state index contributed by atoms with van der Waals surface area (Å²) in [7, 11) is -3.87. The molecule has 2 rings (SSSR count). The normalized spacial score (nSPS) is 11.7. The number of carbonyl (C=O) groups is 5. The zero-order valence-electron chi connectivity index (χ0n) is 21.1. The molecule has 0 saturated heterocycles. The third kappa shape index (κ3) is 9.64. The molecule has 40 heavy (non-hydrogen) atoms. The number of nitrogens with one attached hydrogen (secondary N) is 3. The molecule has 3 amide bonds. The van der Waals surface area contributed by atoms with Gasteiger partial charge in [0, 0.05) is 30.8 Å². The fourth-order valence-electron chi connectivity index (χ4n) is 3.40. The van der Waals surface area contributed by atoms with Gasteiger partial charge in [-0.15, -0.1) is 0 Å². The molecular weight excluding hydrogens is 550 g/mol. The number of carbonyl (C=O) groups excluding carboxylic acids is 3. The number of carboxylic acids is 2. The van der Waals surface area contributed by atoms with Crippen molar-refractivity contribution in [2.24, 2.45) is 10.9 Å². The summed E-state index contributed by atoms with van der Waals surface area (Å²) in [6, 6.07) is 7.84. The van der Waals surface area contributed by atoms with E-state index >= 15 is 0 Å². The number of primary amides is 1. The first-order valence-corrected chi connectivity index (χ1v) is 13.3. The molecule has 2 aromatic carbocycles. The Labute approximate surface area is 228 Å². The van der Waals surface area contributed by atoms with E-state index in [9.17, 15) is 37.5 Å². The highest BCUT2D eigenvalue weighted by molar-refractivity contribution is 7.89. The van der Waals surface area contributed by atoms with Crippen molar-refractivity contribution in [3.8, 4) is 0 Å². The van der Waals surface area contributed by atoms with E-state index in [4.69, 9.17) is 20.7 Å². The van der Waals surface area contributed by atoms with Gasteiger partial charge in [-0.05, 0) is 42.8 Å². The van der Waals surface area contributed by atoms with E-state index in [1.165, 1.54) is 42.5 Å². The van der Waals surface area contributed by atoms with Gasteiger partial charge in [-0.2, -0.15) is 0 Å². The largest absolute Gasteiger partial charge is 0.481 e. The Morgan fingerprint density at radius 2 is 1.57 bits per heavy atom. The van der Waals surface area contributed by atoms with E-state index in [2.05, 4.69) is 16.0 Å². The van der Waals surface area contributed by atoms with Crippen LogP contribution in [0.2, 0.25) is 0 Å². The summed E-state index contributed by atoms with van der Waals surface area (Å²) in [6.07, 6.45) is -0.696. The van der Waals surface area contributed by atoms with Gasteiger partial charge in [0.25, 0.3) is 11.8 Å². The van der Waals surface area contributed by atoms with Crippen LogP contribution in [0.4, 0.5) is 5.69 Å². The predicted molar refractivity (Wildman–Crippen MR) is 140 cm³/mol. The number of hydrogen-bond donors (Lipinski definition) is 7. The second-order valence-electron chi connectivity index (χ2n) is 8.26. The minimum Gasteiger partial charge on any atom is -0.481 e. The highest BCUT2D eigenvalue weighted by atomic mass is 32.2. The van der Waals surface area contributed by atoms with Crippen molar-refractivity contribution in [3.63, 3.8) is 0 Å². The van der Waals surface area contributed by atoms with Gasteiger partial charge >= 0.3 is 11.9 Å². The molecule has 15 nitrogen and oxygen atoms in total. The molecule has 0 aromatic heterocycles. The summed E-state index contributed by atoms with van der Waals surface area (Å²) in [6.45, 7) is 0.487. The number of aromatic carboxylic acids is 1. The minimum absolute atomic E-state index is 0.0983. The third-order valence-corrected chi connectivity index (χ3v) is 6.29. The van der Waals surface area contributed by atoms with Crippen molar-refractivity contribution >= 4 is 45.4 Å². The van der Waals surface area contributed by atoms with Crippen molar-refractivity contribution < 1.29 is 47.3 Å². The van der Waals surface area contributed by atoms with Crippen LogP contribution in [0.1, 0.15) is 43.9 Å². The highest BCUT2D eigenvalue weighted by Crippen LogP contribution is 2.21. The van der Waals surface area contributed by atoms with Gasteiger partial charge < -0.3 is 36.6 Å². The molecule has 0 aliphatic carbocycles. The highest BCUT2D eigenvalue weighted by Gasteiger charge is 2.25. The van der Waals surface area contributed by atoms with Gasteiger partial charge in [0.2, 0.25) is 15.9 Å². The van der Waals surface area contributed by atoms with Crippen LogP contribution in [-0.2, 0) is 24.3 Å². The van der Waals surface area contributed by atoms with Crippen molar-refractivity contribution in [2.75, 3.05) is 31.6 Å². The van der Waals surface area contributed by atoms with Gasteiger partial charge in [-0.25, -0.2) is 18.4 Å². The predicted octanol–water partition coefficient (Wildman–Crippen LogP) is -0.661. The van der Waals surface area contributed by atoms with Crippen LogP contribution in [0.15, 0.2) is 47.4 Å². The number of hydrogen-bond acceptors (Lipinski definition) is 9. The van der Waals surface area contributed by atoms with Gasteiger partial charge in [-0.1, -0.05) is 6.07 Å². The lowest BCUT2D eigenvalue weighted by Gasteiger charge is -2.17. The molecule has 16 heteroatoms. The van der Waals surface area contributed by atoms with E-state index in [1.54, 1.807) is 0 Å². The fraction of sp³-hybridized carbons (Fsp3) is 0.292. The lowest BCUT2D eigenvalue weighted by Crippen LogP contribution is -2.45. The number of ether oxygens (including phenoxy) is 1. The minimum atomic E-state index is -3.87. The summed E-state index contributed by atoms with van der Waals surface area (Å²) in [5.74, 6) is -4.95. The quantitative estimate of drug-likeness (QED) is 0.123. The summed E-state index contributed by atoms with van der Waals surface area (Å²) in [5, 5.41) is 31.2. The number of nitrogens with two attached hydrogens (primary N) is 2. The molecular formula is C24H29N5O10S. The van der Waals surface area contributed by atoms with Crippen molar-refractivity contribution in [2.45, 2.75) is 23.8 Å². The number of sulfonamides is 1. The van der Waals surface area contributed by atoms with Gasteiger partial charge in [0.1, 0.15) is 6.04 Å². The topological polar surface area (TPSA) is 257 Å². The SMILES string of the molecule is NC(=O)[C@@H](CCC(=O)O)NC(=O)c1cccc(NCCOCCNC(=O)c2ccc(S(N)(=O)=O)cc2)c1C(=O)O. The Balaban J connectivity index is 1.87. The van der Waals surface area contributed by atoms with Crippen LogP contribution in [-0.4, -0.2) is 80.6 Å². The molecule has 2 aromatic rings. The Kier molecular flexibility index (Phi) is 11.5. The standard InChI is InChI=1S/C24H29N5O10S/c25-21(32)18(8-9-19(30)31)29-23(34)16-2-1-3-17(20(16)24(35)36)27-10-12-39-13-11-28-22(33)14-4-6-15(7-5-14)40(26,37)38/h1-7,18,27H,8-13H2,(H2,25,32)(H,28,33)(H,29,34)(H,30,31)(H,35,36)(H2,26,37,38)/t18-/m1/s1. The van der Waals surface area contributed by atoms with Gasteiger partial charge in [-0.3, -0.25) is 19.2 Å². The van der Waals surface area contributed by atoms with Gasteiger partial charge in [0.15, 0.2) is 0 Å². The molecule has 9 N–H and O–H groups in total. The maximum absolute atomic E-state index is 12.7. The molecule has 0 saturated carbocycles. The number of primary sulfonamides is 1. The first-order valence-electron chi connectivity index (χ1n) is 11.7. The van der Waals surface area contributed by atoms with Crippen LogP contribution in [0.5, 0.6) is 0 Å². The zero-order chi connectivity index (χ0) is 29.9. The lowest BCUT2D eigenvalue weighted by atomic mass is 10.0. The molecule has 1 atom stereocenters. The summed E-state index contributed by atoms with van der Waals surface area (Å²) in [4.78, 5) is 59.0. The molecule has 0 heterocycles. The van der Waals surface area contributed by atoms with Crippen LogP contribution in [0.3, 0.4) is 0 Å². The first kappa shape index (κ1) is 31.7. The Morgan fingerprint density at radius 1 is 0.925 bits per heavy atom. The monoisotopic (exact) mass is 579 g/mol.